The summed E-state index contributed by atoms with van der Waals surface area (Å²) in [5, 5.41) is 7.43. The molecule has 0 fully saturated rings. The molecule has 0 saturated heterocycles. The molecule has 3 amide bonds. The zero-order valence-electron chi connectivity index (χ0n) is 15.8. The third kappa shape index (κ3) is 6.79. The van der Waals surface area contributed by atoms with Crippen LogP contribution in [-0.4, -0.2) is 49.5 Å². The third-order valence-electron chi connectivity index (χ3n) is 3.68. The maximum atomic E-state index is 12.0. The number of carbonyl (C=O) groups is 3. The van der Waals surface area contributed by atoms with Gasteiger partial charge in [0.1, 0.15) is 0 Å². The van der Waals surface area contributed by atoms with E-state index < -0.39 is 30.9 Å². The van der Waals surface area contributed by atoms with Gasteiger partial charge in [-0.2, -0.15) is 0 Å². The Kier molecular flexibility index (Phi) is 8.01. The van der Waals surface area contributed by atoms with E-state index in [9.17, 15) is 23.2 Å². The fraction of sp³-hybridized carbons (Fsp3) is 0.333. The minimum Gasteiger partial charge on any atom is -0.465 e. The van der Waals surface area contributed by atoms with E-state index in [2.05, 4.69) is 20.4 Å². The molecule has 0 aliphatic carbocycles. The first-order chi connectivity index (χ1) is 13.8. The zero-order chi connectivity index (χ0) is 21.4. The lowest BCUT2D eigenvalue weighted by molar-refractivity contribution is -0.121. The Morgan fingerprint density at radius 1 is 1.17 bits per heavy atom. The van der Waals surface area contributed by atoms with Gasteiger partial charge in [-0.3, -0.25) is 10.1 Å². The summed E-state index contributed by atoms with van der Waals surface area (Å²) in [5.41, 5.74) is 1.95. The summed E-state index contributed by atoms with van der Waals surface area (Å²) in [6.45, 7) is 1.07. The Morgan fingerprint density at radius 2 is 1.86 bits per heavy atom. The number of ether oxygens (including phenoxy) is 1. The van der Waals surface area contributed by atoms with Crippen LogP contribution in [0.1, 0.15) is 22.5 Å². The van der Waals surface area contributed by atoms with Crippen LogP contribution in [0.15, 0.2) is 24.3 Å². The Morgan fingerprint density at radius 3 is 2.48 bits per heavy atom. The predicted molar refractivity (Wildman–Crippen MR) is 104 cm³/mol. The van der Waals surface area contributed by atoms with E-state index in [0.717, 1.165) is 10.4 Å². The number of methoxy groups -OCH3 is 1. The molecule has 156 valence electrons. The lowest BCUT2D eigenvalue weighted by Gasteiger charge is -2.06. The number of nitrogens with one attached hydrogen (secondary N) is 3. The monoisotopic (exact) mass is 426 g/mol. The highest BCUT2D eigenvalue weighted by molar-refractivity contribution is 7.19. The molecule has 8 nitrogen and oxygen atoms in total. The molecule has 1 aromatic heterocycles. The minimum absolute atomic E-state index is 0.00684. The van der Waals surface area contributed by atoms with Gasteiger partial charge in [-0.05, 0) is 24.6 Å². The van der Waals surface area contributed by atoms with Crippen molar-refractivity contribution < 1.29 is 27.9 Å². The lowest BCUT2D eigenvalue weighted by atomic mass is 10.1. The molecule has 1 heterocycles. The van der Waals surface area contributed by atoms with E-state index in [1.807, 2.05) is 5.32 Å². The number of aromatic nitrogens is 1. The fourth-order valence-corrected chi connectivity index (χ4v) is 3.27. The third-order valence-corrected chi connectivity index (χ3v) is 4.80. The number of rotatable bonds is 8. The average molecular weight is 426 g/mol. The minimum atomic E-state index is -2.62. The van der Waals surface area contributed by atoms with E-state index in [0.29, 0.717) is 16.4 Å². The molecule has 0 saturated carbocycles. The molecule has 1 aromatic carbocycles. The van der Waals surface area contributed by atoms with Crippen molar-refractivity contribution in [2.24, 2.45) is 0 Å². The van der Waals surface area contributed by atoms with Gasteiger partial charge in [0.05, 0.1) is 29.8 Å². The molecular formula is C18H20F2N4O4S. The maximum Gasteiger partial charge on any atom is 0.337 e. The summed E-state index contributed by atoms with van der Waals surface area (Å²) in [7, 11) is 1.31. The van der Waals surface area contributed by atoms with Gasteiger partial charge in [0.15, 0.2) is 5.13 Å². The Hall–Kier alpha value is -3.08. The number of esters is 1. The predicted octanol–water partition coefficient (Wildman–Crippen LogP) is 2.80. The van der Waals surface area contributed by atoms with Crippen molar-refractivity contribution in [1.29, 1.82) is 0 Å². The number of amides is 3. The highest BCUT2D eigenvalue weighted by atomic mass is 32.1. The molecule has 2 aromatic rings. The number of alkyl halides is 2. The number of urea groups is 1. The molecule has 11 heteroatoms. The number of benzene rings is 1. The van der Waals surface area contributed by atoms with Crippen molar-refractivity contribution in [3.63, 3.8) is 0 Å². The standard InChI is InChI=1S/C18H20F2N4O4S/c1-10-15(11-3-5-12(6-4-11)16(26)28-2)29-18(23-10)24-17(27)21-8-7-14(25)22-9-13(19)20/h3-6,13H,7-9H2,1-2H3,(H,22,25)(H2,21,23,24,27). The molecule has 0 bridgehead atoms. The van der Waals surface area contributed by atoms with Crippen molar-refractivity contribution in [2.75, 3.05) is 25.5 Å². The molecule has 3 N–H and O–H groups in total. The van der Waals surface area contributed by atoms with Gasteiger partial charge in [0.2, 0.25) is 5.91 Å². The van der Waals surface area contributed by atoms with Crippen molar-refractivity contribution in [3.05, 3.63) is 35.5 Å². The van der Waals surface area contributed by atoms with Crippen LogP contribution >= 0.6 is 11.3 Å². The van der Waals surface area contributed by atoms with Crippen LogP contribution in [0.5, 0.6) is 0 Å². The Bertz CT molecular complexity index is 871. The van der Waals surface area contributed by atoms with Crippen molar-refractivity contribution in [3.8, 4) is 10.4 Å². The second-order valence-corrected chi connectivity index (χ2v) is 6.83. The van der Waals surface area contributed by atoms with Gasteiger partial charge in [-0.1, -0.05) is 23.5 Å². The van der Waals surface area contributed by atoms with Crippen LogP contribution in [0, 0.1) is 6.92 Å². The second kappa shape index (κ2) is 10.5. The summed E-state index contributed by atoms with van der Waals surface area (Å²) in [5.74, 6) is -1.01. The van der Waals surface area contributed by atoms with Crippen molar-refractivity contribution in [1.82, 2.24) is 15.6 Å². The van der Waals surface area contributed by atoms with Gasteiger partial charge in [0, 0.05) is 13.0 Å². The number of nitrogens with zero attached hydrogens (tertiary/aromatic N) is 1. The Balaban J connectivity index is 1.89. The van der Waals surface area contributed by atoms with Crippen LogP contribution in [-0.2, 0) is 9.53 Å². The van der Waals surface area contributed by atoms with E-state index in [1.54, 1.807) is 31.2 Å². The van der Waals surface area contributed by atoms with E-state index >= 15 is 0 Å². The van der Waals surface area contributed by atoms with Crippen LogP contribution < -0.4 is 16.0 Å². The van der Waals surface area contributed by atoms with Gasteiger partial charge >= 0.3 is 12.0 Å². The molecule has 0 aliphatic rings. The maximum absolute atomic E-state index is 12.0. The lowest BCUT2D eigenvalue weighted by Crippen LogP contribution is -2.34. The normalized spacial score (nSPS) is 10.5. The SMILES string of the molecule is COC(=O)c1ccc(-c2sc(NC(=O)NCCC(=O)NCC(F)F)nc2C)cc1. The van der Waals surface area contributed by atoms with E-state index in [4.69, 9.17) is 0 Å². The highest BCUT2D eigenvalue weighted by Gasteiger charge is 2.13. The van der Waals surface area contributed by atoms with Crippen LogP contribution in [0.3, 0.4) is 0 Å². The van der Waals surface area contributed by atoms with Crippen LogP contribution in [0.25, 0.3) is 10.4 Å². The average Bonchev–Trinajstić information content (AvgIpc) is 3.05. The summed E-state index contributed by atoms with van der Waals surface area (Å²) < 4.78 is 28.7. The summed E-state index contributed by atoms with van der Waals surface area (Å²) >= 11 is 1.25. The Labute approximate surface area is 169 Å². The largest absolute Gasteiger partial charge is 0.465 e. The van der Waals surface area contributed by atoms with Gasteiger partial charge < -0.3 is 15.4 Å². The number of thiazole rings is 1. The number of halogens is 2. The van der Waals surface area contributed by atoms with Crippen LogP contribution in [0.2, 0.25) is 0 Å². The van der Waals surface area contributed by atoms with Crippen molar-refractivity contribution >= 4 is 34.4 Å². The first-order valence-corrected chi connectivity index (χ1v) is 9.37. The number of anilines is 1. The summed E-state index contributed by atoms with van der Waals surface area (Å²) in [6, 6.07) is 6.23. The van der Waals surface area contributed by atoms with E-state index in [-0.39, 0.29) is 13.0 Å². The first kappa shape index (κ1) is 22.2. The molecule has 0 spiro atoms. The van der Waals surface area contributed by atoms with Gasteiger partial charge in [-0.25, -0.2) is 23.4 Å². The number of aryl methyl sites for hydroxylation is 1. The molecule has 0 aliphatic heterocycles. The molecule has 29 heavy (non-hydrogen) atoms. The topological polar surface area (TPSA) is 109 Å². The molecule has 0 radical (unpaired) electrons. The van der Waals surface area contributed by atoms with Crippen molar-refractivity contribution in [2.45, 2.75) is 19.8 Å². The summed E-state index contributed by atoms with van der Waals surface area (Å²) in [4.78, 5) is 39.8. The number of hydrogen-bond acceptors (Lipinski definition) is 6. The van der Waals surface area contributed by atoms with Gasteiger partial charge in [-0.15, -0.1) is 0 Å². The van der Waals surface area contributed by atoms with E-state index in [1.165, 1.54) is 18.4 Å². The second-order valence-electron chi connectivity index (χ2n) is 5.83. The van der Waals surface area contributed by atoms with Gasteiger partial charge in [0.25, 0.3) is 6.43 Å². The number of carbonyl (C=O) groups excluding carboxylic acids is 3. The molecule has 2 rings (SSSR count). The summed E-state index contributed by atoms with van der Waals surface area (Å²) in [6.07, 6.45) is -2.73. The fourth-order valence-electron chi connectivity index (χ4n) is 2.30. The quantitative estimate of drug-likeness (QED) is 0.563. The number of hydrogen-bond donors (Lipinski definition) is 3. The smallest absolute Gasteiger partial charge is 0.337 e. The first-order valence-electron chi connectivity index (χ1n) is 8.56. The molecular weight excluding hydrogens is 406 g/mol. The highest BCUT2D eigenvalue weighted by Crippen LogP contribution is 2.32. The van der Waals surface area contributed by atoms with Crippen LogP contribution in [0.4, 0.5) is 18.7 Å². The molecule has 0 atom stereocenters. The molecule has 0 unspecified atom stereocenters. The zero-order valence-corrected chi connectivity index (χ0v) is 16.6.